The number of thiazole rings is 1. The van der Waals surface area contributed by atoms with Crippen LogP contribution in [0.3, 0.4) is 0 Å². The second-order valence-corrected chi connectivity index (χ2v) is 10.6. The van der Waals surface area contributed by atoms with Gasteiger partial charge in [-0.2, -0.15) is 0 Å². The zero-order valence-electron chi connectivity index (χ0n) is 20.2. The van der Waals surface area contributed by atoms with Gasteiger partial charge < -0.3 is 5.11 Å². The van der Waals surface area contributed by atoms with Crippen molar-refractivity contribution in [2.45, 2.75) is 39.2 Å². The largest absolute Gasteiger partial charge is 0.507 e. The van der Waals surface area contributed by atoms with Crippen molar-refractivity contribution in [3.63, 3.8) is 0 Å². The number of amides is 1. The number of hydrogen-bond donors (Lipinski definition) is 1. The highest BCUT2D eigenvalue weighted by Crippen LogP contribution is 2.44. The Hall–Kier alpha value is -3.48. The van der Waals surface area contributed by atoms with Crippen LogP contribution in [0.15, 0.2) is 72.3 Å². The van der Waals surface area contributed by atoms with Gasteiger partial charge in [-0.15, -0.1) is 0 Å². The van der Waals surface area contributed by atoms with Crippen LogP contribution in [0.4, 0.5) is 5.13 Å². The Labute approximate surface area is 218 Å². The molecular weight excluding hydrogens is 492 g/mol. The third kappa shape index (κ3) is 4.21. The van der Waals surface area contributed by atoms with Crippen LogP contribution in [0.25, 0.3) is 16.0 Å². The smallest absolute Gasteiger partial charge is 0.301 e. The van der Waals surface area contributed by atoms with Crippen LogP contribution in [-0.4, -0.2) is 21.8 Å². The van der Waals surface area contributed by atoms with E-state index in [9.17, 15) is 14.7 Å². The lowest BCUT2D eigenvalue weighted by Crippen LogP contribution is -2.29. The summed E-state index contributed by atoms with van der Waals surface area (Å²) in [6.07, 6.45) is 0.886. The van der Waals surface area contributed by atoms with Crippen molar-refractivity contribution < 1.29 is 14.7 Å². The van der Waals surface area contributed by atoms with Gasteiger partial charge in [0.2, 0.25) is 0 Å². The molecule has 1 aliphatic rings. The summed E-state index contributed by atoms with van der Waals surface area (Å²) >= 11 is 7.39. The fourth-order valence-corrected chi connectivity index (χ4v) is 5.63. The molecule has 5 nitrogen and oxygen atoms in total. The molecule has 1 atom stereocenters. The van der Waals surface area contributed by atoms with E-state index in [-0.39, 0.29) is 11.3 Å². The average Bonchev–Trinajstić information content (AvgIpc) is 3.41. The van der Waals surface area contributed by atoms with Crippen LogP contribution >= 0.6 is 22.9 Å². The van der Waals surface area contributed by atoms with E-state index in [1.165, 1.54) is 21.8 Å². The molecule has 0 bridgehead atoms. The molecule has 0 spiro atoms. The fourth-order valence-electron chi connectivity index (χ4n) is 4.45. The Morgan fingerprint density at radius 2 is 1.75 bits per heavy atom. The molecule has 3 aromatic carbocycles. The molecule has 4 aromatic rings. The predicted molar refractivity (Wildman–Crippen MR) is 146 cm³/mol. The van der Waals surface area contributed by atoms with E-state index in [0.717, 1.165) is 27.8 Å². The van der Waals surface area contributed by atoms with E-state index < -0.39 is 17.7 Å². The monoisotopic (exact) mass is 516 g/mol. The molecule has 1 amide bonds. The van der Waals surface area contributed by atoms with Crippen molar-refractivity contribution in [2.24, 2.45) is 0 Å². The standard InChI is InChI=1S/C29H25ClN2O3S/c1-4-17-5-14-22-23(15-17)36-29(31-22)32-25(19-8-6-18(7-9-19)16(2)3)24(27(34)28(32)35)26(33)20-10-12-21(30)13-11-20/h5-16,25,33H,4H2,1-3H3/t25-/m1/s1. The molecule has 36 heavy (non-hydrogen) atoms. The summed E-state index contributed by atoms with van der Waals surface area (Å²) in [7, 11) is 0. The van der Waals surface area contributed by atoms with Gasteiger partial charge in [0.25, 0.3) is 5.78 Å². The van der Waals surface area contributed by atoms with Crippen molar-refractivity contribution in [1.29, 1.82) is 0 Å². The maximum atomic E-state index is 13.4. The number of halogens is 1. The quantitative estimate of drug-likeness (QED) is 0.172. The molecule has 2 heterocycles. The molecule has 1 saturated heterocycles. The molecule has 7 heteroatoms. The number of aryl methyl sites for hydroxylation is 1. The molecule has 1 aromatic heterocycles. The third-order valence-corrected chi connectivity index (χ3v) is 7.81. The van der Waals surface area contributed by atoms with Crippen LogP contribution in [0.2, 0.25) is 5.02 Å². The van der Waals surface area contributed by atoms with Crippen LogP contribution in [0.1, 0.15) is 55.0 Å². The number of ketones is 1. The highest BCUT2D eigenvalue weighted by Gasteiger charge is 2.48. The minimum absolute atomic E-state index is 0.0353. The first-order valence-corrected chi connectivity index (χ1v) is 13.0. The minimum Gasteiger partial charge on any atom is -0.507 e. The van der Waals surface area contributed by atoms with Crippen molar-refractivity contribution in [1.82, 2.24) is 4.98 Å². The first-order chi connectivity index (χ1) is 17.3. The zero-order chi connectivity index (χ0) is 25.6. The number of benzene rings is 3. The molecule has 0 radical (unpaired) electrons. The SMILES string of the molecule is CCc1ccc2nc(N3C(=O)C(=O)C(=C(O)c4ccc(Cl)cc4)[C@H]3c3ccc(C(C)C)cc3)sc2c1. The minimum atomic E-state index is -0.812. The Kier molecular flexibility index (Phi) is 6.41. The van der Waals surface area contributed by atoms with Crippen molar-refractivity contribution in [2.75, 3.05) is 4.90 Å². The lowest BCUT2D eigenvalue weighted by atomic mass is 9.93. The van der Waals surface area contributed by atoms with E-state index in [4.69, 9.17) is 16.6 Å². The van der Waals surface area contributed by atoms with Crippen LogP contribution in [-0.2, 0) is 16.0 Å². The lowest BCUT2D eigenvalue weighted by Gasteiger charge is -2.23. The fraction of sp³-hybridized carbons (Fsp3) is 0.207. The highest BCUT2D eigenvalue weighted by molar-refractivity contribution is 7.22. The average molecular weight is 517 g/mol. The van der Waals surface area contributed by atoms with Crippen molar-refractivity contribution in [3.8, 4) is 0 Å². The lowest BCUT2D eigenvalue weighted by molar-refractivity contribution is -0.132. The molecule has 5 rings (SSSR count). The van der Waals surface area contributed by atoms with Crippen molar-refractivity contribution >= 4 is 55.7 Å². The van der Waals surface area contributed by atoms with Gasteiger partial charge in [-0.3, -0.25) is 14.5 Å². The van der Waals surface area contributed by atoms with Gasteiger partial charge in [0, 0.05) is 10.6 Å². The molecule has 0 unspecified atom stereocenters. The Balaban J connectivity index is 1.70. The summed E-state index contributed by atoms with van der Waals surface area (Å²) in [5.74, 6) is -1.36. The van der Waals surface area contributed by atoms with E-state index in [1.807, 2.05) is 36.4 Å². The van der Waals surface area contributed by atoms with Gasteiger partial charge in [-0.25, -0.2) is 4.98 Å². The normalized spacial score (nSPS) is 17.5. The van der Waals surface area contributed by atoms with Crippen LogP contribution < -0.4 is 4.90 Å². The Bertz CT molecular complexity index is 1500. The predicted octanol–water partition coefficient (Wildman–Crippen LogP) is 7.26. The summed E-state index contributed by atoms with van der Waals surface area (Å²) in [5, 5.41) is 12.2. The van der Waals surface area contributed by atoms with Crippen molar-refractivity contribution in [3.05, 3.63) is 99.6 Å². The number of carbonyl (C=O) groups is 2. The van der Waals surface area contributed by atoms with Crippen LogP contribution in [0, 0.1) is 0 Å². The molecule has 182 valence electrons. The number of anilines is 1. The second-order valence-electron chi connectivity index (χ2n) is 9.15. The first-order valence-electron chi connectivity index (χ1n) is 11.8. The number of hydrogen-bond acceptors (Lipinski definition) is 5. The van der Waals surface area contributed by atoms with Gasteiger partial charge in [-0.05, 0) is 65.4 Å². The topological polar surface area (TPSA) is 70.5 Å². The van der Waals surface area contributed by atoms with E-state index in [0.29, 0.717) is 21.6 Å². The number of nitrogens with zero attached hydrogens (tertiary/aromatic N) is 2. The maximum Gasteiger partial charge on any atom is 0.301 e. The number of fused-ring (bicyclic) bond motifs is 1. The molecular formula is C29H25ClN2O3S. The summed E-state index contributed by atoms with van der Waals surface area (Å²) < 4.78 is 0.942. The number of aliphatic hydroxyl groups is 1. The van der Waals surface area contributed by atoms with E-state index in [1.54, 1.807) is 24.3 Å². The first kappa shape index (κ1) is 24.2. The van der Waals surface area contributed by atoms with Crippen LogP contribution in [0.5, 0.6) is 0 Å². The number of carbonyl (C=O) groups excluding carboxylic acids is 2. The summed E-state index contributed by atoms with van der Waals surface area (Å²) in [5.41, 5.74) is 4.25. The summed E-state index contributed by atoms with van der Waals surface area (Å²) in [6.45, 7) is 6.29. The third-order valence-electron chi connectivity index (χ3n) is 6.54. The summed E-state index contributed by atoms with van der Waals surface area (Å²) in [6, 6.07) is 19.6. The second kappa shape index (κ2) is 9.52. The number of aliphatic hydroxyl groups excluding tert-OH is 1. The molecule has 1 N–H and O–H groups in total. The number of Topliss-reactive ketones (excluding diaryl/α,β-unsaturated/α-hetero) is 1. The number of rotatable bonds is 5. The highest BCUT2D eigenvalue weighted by atomic mass is 35.5. The Morgan fingerprint density at radius 3 is 2.39 bits per heavy atom. The Morgan fingerprint density at radius 1 is 1.06 bits per heavy atom. The van der Waals surface area contributed by atoms with Gasteiger partial charge in [0.1, 0.15) is 5.76 Å². The van der Waals surface area contributed by atoms with E-state index >= 15 is 0 Å². The van der Waals surface area contributed by atoms with E-state index in [2.05, 4.69) is 26.8 Å². The maximum absolute atomic E-state index is 13.4. The molecule has 0 aliphatic carbocycles. The molecule has 1 fully saturated rings. The van der Waals surface area contributed by atoms with Gasteiger partial charge in [0.15, 0.2) is 5.13 Å². The van der Waals surface area contributed by atoms with Gasteiger partial charge in [-0.1, -0.05) is 74.0 Å². The zero-order valence-corrected chi connectivity index (χ0v) is 21.7. The summed E-state index contributed by atoms with van der Waals surface area (Å²) in [4.78, 5) is 33.0. The van der Waals surface area contributed by atoms with Gasteiger partial charge in [0.05, 0.1) is 21.8 Å². The molecule has 1 aliphatic heterocycles. The number of aromatic nitrogens is 1. The molecule has 0 saturated carbocycles. The van der Waals surface area contributed by atoms with Gasteiger partial charge >= 0.3 is 5.91 Å².